The van der Waals surface area contributed by atoms with E-state index in [0.717, 1.165) is 0 Å². The highest BCUT2D eigenvalue weighted by atomic mass is 35.5. The zero-order valence-corrected chi connectivity index (χ0v) is 10.9. The van der Waals surface area contributed by atoms with E-state index in [1.54, 1.807) is 22.9 Å². The van der Waals surface area contributed by atoms with Crippen LogP contribution >= 0.6 is 11.6 Å². The average Bonchev–Trinajstić information content (AvgIpc) is 2.35. The molecule has 2 N–H and O–H groups in total. The fourth-order valence-electron chi connectivity index (χ4n) is 0.978. The van der Waals surface area contributed by atoms with Crippen LogP contribution in [0.25, 0.3) is 0 Å². The van der Waals surface area contributed by atoms with Gasteiger partial charge in [-0.25, -0.2) is 9.52 Å². The third-order valence-corrected chi connectivity index (χ3v) is 2.81. The summed E-state index contributed by atoms with van der Waals surface area (Å²) in [4.78, 5) is 14.9. The summed E-state index contributed by atoms with van der Waals surface area (Å²) in [6, 6.07) is 5.08. The molecule has 0 atom stereocenters. The highest BCUT2D eigenvalue weighted by Gasteiger charge is 2.14. The van der Waals surface area contributed by atoms with Gasteiger partial charge in [0.1, 0.15) is 6.61 Å². The number of rotatable bonds is 6. The molecular formula is C9H12ClN3O4S. The van der Waals surface area contributed by atoms with E-state index in [2.05, 4.69) is 14.4 Å². The largest absolute Gasteiger partial charge is 0.448 e. The monoisotopic (exact) mass is 293 g/mol. The Kier molecular flexibility index (Phi) is 5.83. The molecule has 1 amide bonds. The van der Waals surface area contributed by atoms with Crippen molar-refractivity contribution in [1.82, 2.24) is 14.4 Å². The van der Waals surface area contributed by atoms with Gasteiger partial charge in [-0.3, -0.25) is 4.98 Å². The lowest BCUT2D eigenvalue weighted by molar-refractivity contribution is 0.159. The van der Waals surface area contributed by atoms with Gasteiger partial charge in [0.2, 0.25) is 0 Å². The number of carbonyl (C=O) groups is 1. The Bertz CT molecular complexity index is 480. The molecule has 0 fully saturated rings. The number of amides is 1. The van der Waals surface area contributed by atoms with Crippen LogP contribution in [-0.4, -0.2) is 32.0 Å². The minimum absolute atomic E-state index is 0.0288. The van der Waals surface area contributed by atoms with E-state index >= 15 is 0 Å². The van der Waals surface area contributed by atoms with Crippen molar-refractivity contribution in [3.05, 3.63) is 30.1 Å². The van der Waals surface area contributed by atoms with Gasteiger partial charge < -0.3 is 4.74 Å². The number of hydrogen-bond donors (Lipinski definition) is 2. The first kappa shape index (κ1) is 14.7. The van der Waals surface area contributed by atoms with Crippen molar-refractivity contribution in [3.63, 3.8) is 0 Å². The van der Waals surface area contributed by atoms with E-state index in [4.69, 9.17) is 11.6 Å². The van der Waals surface area contributed by atoms with Gasteiger partial charge in [-0.15, -0.1) is 11.6 Å². The molecule has 0 aliphatic carbocycles. The second-order valence-corrected chi connectivity index (χ2v) is 4.95. The molecule has 7 nitrogen and oxygen atoms in total. The van der Waals surface area contributed by atoms with Crippen molar-refractivity contribution >= 4 is 27.9 Å². The molecule has 0 aliphatic heterocycles. The molecule has 0 saturated heterocycles. The molecule has 0 aromatic carbocycles. The SMILES string of the molecule is O=C(NS(=O)(=O)NCc1ccccn1)OCCCl. The number of nitrogens with zero attached hydrogens (tertiary/aromatic N) is 1. The number of halogens is 1. The van der Waals surface area contributed by atoms with Crippen LogP contribution in [0.5, 0.6) is 0 Å². The highest BCUT2D eigenvalue weighted by Crippen LogP contribution is 1.93. The highest BCUT2D eigenvalue weighted by molar-refractivity contribution is 7.88. The van der Waals surface area contributed by atoms with E-state index in [-0.39, 0.29) is 19.0 Å². The Morgan fingerprint density at radius 2 is 2.22 bits per heavy atom. The minimum atomic E-state index is -3.97. The summed E-state index contributed by atoms with van der Waals surface area (Å²) in [5.41, 5.74) is 0.525. The lowest BCUT2D eigenvalue weighted by atomic mass is 10.4. The summed E-state index contributed by atoms with van der Waals surface area (Å²) in [6.07, 6.45) is 0.454. The van der Waals surface area contributed by atoms with Gasteiger partial charge in [-0.05, 0) is 12.1 Å². The van der Waals surface area contributed by atoms with E-state index in [1.807, 2.05) is 0 Å². The maximum Gasteiger partial charge on any atom is 0.421 e. The predicted molar refractivity (Wildman–Crippen MR) is 65.2 cm³/mol. The second-order valence-electron chi connectivity index (χ2n) is 3.07. The Labute approximate surface area is 110 Å². The van der Waals surface area contributed by atoms with Gasteiger partial charge in [0.15, 0.2) is 0 Å². The molecule has 1 aromatic rings. The lowest BCUT2D eigenvalue weighted by Gasteiger charge is -2.07. The van der Waals surface area contributed by atoms with Crippen LogP contribution in [0.1, 0.15) is 5.69 Å². The molecule has 0 spiro atoms. The standard InChI is InChI=1S/C9H12ClN3O4S/c10-4-6-17-9(14)13-18(15,16)12-7-8-3-1-2-5-11-8/h1-3,5,12H,4,6-7H2,(H,13,14). The zero-order valence-electron chi connectivity index (χ0n) is 9.30. The van der Waals surface area contributed by atoms with Crippen molar-refractivity contribution in [2.45, 2.75) is 6.54 Å². The summed E-state index contributed by atoms with van der Waals surface area (Å²) in [7, 11) is -3.97. The van der Waals surface area contributed by atoms with Crippen molar-refractivity contribution in [1.29, 1.82) is 0 Å². The molecule has 1 rings (SSSR count). The molecule has 1 aromatic heterocycles. The van der Waals surface area contributed by atoms with Crippen LogP contribution in [0, 0.1) is 0 Å². The quantitative estimate of drug-likeness (QED) is 0.739. The number of nitrogens with one attached hydrogen (secondary N) is 2. The van der Waals surface area contributed by atoms with Crippen molar-refractivity contribution < 1.29 is 17.9 Å². The fourth-order valence-corrected chi connectivity index (χ4v) is 1.74. The number of pyridine rings is 1. The second kappa shape index (κ2) is 7.14. The molecule has 0 saturated carbocycles. The summed E-state index contributed by atoms with van der Waals surface area (Å²) < 4.78 is 31.1. The van der Waals surface area contributed by atoms with E-state index in [1.165, 1.54) is 6.20 Å². The Balaban J connectivity index is 2.43. The smallest absolute Gasteiger partial charge is 0.421 e. The van der Waals surface area contributed by atoms with Gasteiger partial charge in [0.25, 0.3) is 0 Å². The van der Waals surface area contributed by atoms with Crippen molar-refractivity contribution in [2.75, 3.05) is 12.5 Å². The van der Waals surface area contributed by atoms with Crippen LogP contribution in [-0.2, 0) is 21.5 Å². The van der Waals surface area contributed by atoms with Crippen LogP contribution in [0.4, 0.5) is 4.79 Å². The topological polar surface area (TPSA) is 97.4 Å². The fraction of sp³-hybridized carbons (Fsp3) is 0.333. The number of hydrogen-bond acceptors (Lipinski definition) is 5. The van der Waals surface area contributed by atoms with Crippen molar-refractivity contribution in [3.8, 4) is 0 Å². The molecule has 0 unspecified atom stereocenters. The summed E-state index contributed by atoms with van der Waals surface area (Å²) >= 11 is 5.28. The van der Waals surface area contributed by atoms with Crippen LogP contribution < -0.4 is 9.44 Å². The van der Waals surface area contributed by atoms with Crippen molar-refractivity contribution in [2.24, 2.45) is 0 Å². The number of carbonyl (C=O) groups excluding carboxylic acids is 1. The first-order valence-electron chi connectivity index (χ1n) is 4.93. The Morgan fingerprint density at radius 1 is 1.44 bits per heavy atom. The number of aromatic nitrogens is 1. The summed E-state index contributed by atoms with van der Waals surface area (Å²) in [5.74, 6) is 0.0921. The maximum absolute atomic E-state index is 11.4. The minimum Gasteiger partial charge on any atom is -0.448 e. The maximum atomic E-state index is 11.4. The van der Waals surface area contributed by atoms with Crippen LogP contribution in [0.2, 0.25) is 0 Å². The molecule has 9 heteroatoms. The van der Waals surface area contributed by atoms with Gasteiger partial charge in [-0.1, -0.05) is 6.07 Å². The molecule has 0 bridgehead atoms. The number of alkyl halides is 1. The number of ether oxygens (including phenoxy) is 1. The molecule has 1 heterocycles. The normalized spacial score (nSPS) is 10.9. The first-order valence-corrected chi connectivity index (χ1v) is 6.95. The van der Waals surface area contributed by atoms with Gasteiger partial charge >= 0.3 is 16.3 Å². The van der Waals surface area contributed by atoms with E-state index < -0.39 is 16.3 Å². The molecule has 18 heavy (non-hydrogen) atoms. The zero-order chi connectivity index (χ0) is 13.4. The van der Waals surface area contributed by atoms with Gasteiger partial charge in [-0.2, -0.15) is 13.1 Å². The lowest BCUT2D eigenvalue weighted by Crippen LogP contribution is -2.40. The summed E-state index contributed by atoms with van der Waals surface area (Å²) in [6.45, 7) is -0.0951. The van der Waals surface area contributed by atoms with Gasteiger partial charge in [0, 0.05) is 6.20 Å². The third kappa shape index (κ3) is 5.80. The molecular weight excluding hydrogens is 282 g/mol. The average molecular weight is 294 g/mol. The third-order valence-electron chi connectivity index (χ3n) is 1.70. The first-order chi connectivity index (χ1) is 8.53. The predicted octanol–water partition coefficient (Wildman–Crippen LogP) is 0.381. The van der Waals surface area contributed by atoms with E-state index in [9.17, 15) is 13.2 Å². The molecule has 0 aliphatic rings. The van der Waals surface area contributed by atoms with Crippen LogP contribution in [0.15, 0.2) is 24.4 Å². The Morgan fingerprint density at radius 3 is 2.83 bits per heavy atom. The van der Waals surface area contributed by atoms with Gasteiger partial charge in [0.05, 0.1) is 18.1 Å². The molecule has 100 valence electrons. The summed E-state index contributed by atoms with van der Waals surface area (Å²) in [5, 5.41) is 0. The van der Waals surface area contributed by atoms with E-state index in [0.29, 0.717) is 5.69 Å². The Hall–Kier alpha value is -1.38. The molecule has 0 radical (unpaired) electrons. The van der Waals surface area contributed by atoms with Crippen LogP contribution in [0.3, 0.4) is 0 Å².